The standard InChI is InChI=1S/C11H16N4O2S2/c1-15(2)10-8-9(14-11(18-8)19(4)16)12-7(13-10)5-6-17-3/h5-6H2,1-4H3. The fraction of sp³-hybridized carbons (Fsp3) is 0.545. The Morgan fingerprint density at radius 1 is 1.32 bits per heavy atom. The van der Waals surface area contributed by atoms with Crippen LogP contribution in [0.25, 0.3) is 10.3 Å². The summed E-state index contributed by atoms with van der Waals surface area (Å²) in [4.78, 5) is 15.2. The van der Waals surface area contributed by atoms with Gasteiger partial charge >= 0.3 is 4.34 Å². The van der Waals surface area contributed by atoms with E-state index in [0.29, 0.717) is 28.8 Å². The van der Waals surface area contributed by atoms with E-state index in [0.717, 1.165) is 10.5 Å². The van der Waals surface area contributed by atoms with E-state index in [1.54, 1.807) is 13.4 Å². The van der Waals surface area contributed by atoms with E-state index >= 15 is 0 Å². The Balaban J connectivity index is 2.52. The Bertz CT molecular complexity index is 571. The predicted molar refractivity (Wildman–Crippen MR) is 77.4 cm³/mol. The van der Waals surface area contributed by atoms with Crippen molar-refractivity contribution < 1.29 is 9.29 Å². The summed E-state index contributed by atoms with van der Waals surface area (Å²) >= 11 is 0.285. The summed E-state index contributed by atoms with van der Waals surface area (Å²) in [5.41, 5.74) is 0.611. The van der Waals surface area contributed by atoms with Crippen LogP contribution in [-0.4, -0.2) is 53.6 Å². The molecule has 0 saturated heterocycles. The fourth-order valence-corrected chi connectivity index (χ4v) is 3.31. The second-order valence-electron chi connectivity index (χ2n) is 4.19. The van der Waals surface area contributed by atoms with Crippen LogP contribution in [0, 0.1) is 0 Å². The molecule has 2 heterocycles. The van der Waals surface area contributed by atoms with Gasteiger partial charge in [0, 0.05) is 38.8 Å². The predicted octanol–water partition coefficient (Wildman–Crippen LogP) is 1.08. The van der Waals surface area contributed by atoms with Crippen molar-refractivity contribution in [1.82, 2.24) is 15.0 Å². The third-order valence-corrected chi connectivity index (χ3v) is 4.83. The number of ether oxygens (including phenoxy) is 1. The molecule has 0 amide bonds. The maximum absolute atomic E-state index is 11.5. The van der Waals surface area contributed by atoms with Crippen molar-refractivity contribution in [3.63, 3.8) is 0 Å². The molecule has 104 valence electrons. The summed E-state index contributed by atoms with van der Waals surface area (Å²) < 4.78 is 18.0. The summed E-state index contributed by atoms with van der Waals surface area (Å²) in [5.74, 6) is 1.50. The Morgan fingerprint density at radius 2 is 2.05 bits per heavy atom. The number of nitrogens with zero attached hydrogens (tertiary/aromatic N) is 4. The summed E-state index contributed by atoms with van der Waals surface area (Å²) in [6.45, 7) is 0.565. The van der Waals surface area contributed by atoms with Gasteiger partial charge in [0.1, 0.15) is 16.8 Å². The first kappa shape index (κ1) is 14.4. The number of thiazole rings is 1. The molecule has 0 aromatic carbocycles. The highest BCUT2D eigenvalue weighted by Crippen LogP contribution is 2.30. The largest absolute Gasteiger partial charge is 0.610 e. The zero-order valence-corrected chi connectivity index (χ0v) is 13.0. The van der Waals surface area contributed by atoms with Crippen LogP contribution >= 0.6 is 11.3 Å². The summed E-state index contributed by atoms with van der Waals surface area (Å²) in [5, 5.41) is 0. The van der Waals surface area contributed by atoms with Crippen LogP contribution in [-0.2, 0) is 22.3 Å². The SMILES string of the molecule is COCCc1nc(N(C)C)c2sc([S+](C)[O-])nc2n1. The number of aromatic nitrogens is 3. The highest BCUT2D eigenvalue weighted by Gasteiger charge is 2.19. The maximum atomic E-state index is 11.5. The molecule has 0 aliphatic carbocycles. The maximum Gasteiger partial charge on any atom is 0.304 e. The van der Waals surface area contributed by atoms with Crippen molar-refractivity contribution in [3.05, 3.63) is 5.82 Å². The first-order chi connectivity index (χ1) is 9.02. The fourth-order valence-electron chi connectivity index (χ4n) is 1.57. The van der Waals surface area contributed by atoms with Crippen LogP contribution in [0.15, 0.2) is 4.34 Å². The first-order valence-corrected chi connectivity index (χ1v) is 8.07. The lowest BCUT2D eigenvalue weighted by Gasteiger charge is -2.12. The van der Waals surface area contributed by atoms with Gasteiger partial charge in [0.2, 0.25) is 0 Å². The average Bonchev–Trinajstić information content (AvgIpc) is 2.78. The molecule has 19 heavy (non-hydrogen) atoms. The van der Waals surface area contributed by atoms with Crippen molar-refractivity contribution in [1.29, 1.82) is 0 Å². The van der Waals surface area contributed by atoms with Crippen LogP contribution in [0.4, 0.5) is 5.82 Å². The molecule has 8 heteroatoms. The van der Waals surface area contributed by atoms with Crippen LogP contribution in [0.5, 0.6) is 0 Å². The number of fused-ring (bicyclic) bond motifs is 1. The van der Waals surface area contributed by atoms with Gasteiger partial charge in [-0.3, -0.25) is 0 Å². The summed E-state index contributed by atoms with van der Waals surface area (Å²) in [6, 6.07) is 0. The molecule has 0 aliphatic rings. The molecule has 0 N–H and O–H groups in total. The normalized spacial score (nSPS) is 12.9. The smallest absolute Gasteiger partial charge is 0.304 e. The van der Waals surface area contributed by atoms with E-state index in [2.05, 4.69) is 15.0 Å². The lowest BCUT2D eigenvalue weighted by molar-refractivity contribution is 0.200. The Labute approximate surface area is 119 Å². The number of hydrogen-bond donors (Lipinski definition) is 0. The third kappa shape index (κ3) is 3.14. The minimum absolute atomic E-state index is 0.565. The van der Waals surface area contributed by atoms with E-state index in [4.69, 9.17) is 4.74 Å². The Hall–Kier alpha value is -0.960. The van der Waals surface area contributed by atoms with Gasteiger partial charge in [-0.25, -0.2) is 9.97 Å². The highest BCUT2D eigenvalue weighted by molar-refractivity contribution is 7.92. The summed E-state index contributed by atoms with van der Waals surface area (Å²) in [7, 11) is 5.49. The van der Waals surface area contributed by atoms with Gasteiger partial charge in [-0.15, -0.1) is 0 Å². The average molecular weight is 300 g/mol. The van der Waals surface area contributed by atoms with Gasteiger partial charge in [0.25, 0.3) is 0 Å². The molecule has 0 radical (unpaired) electrons. The molecule has 2 aromatic heterocycles. The number of rotatable bonds is 5. The monoisotopic (exact) mass is 300 g/mol. The number of methoxy groups -OCH3 is 1. The third-order valence-electron chi connectivity index (χ3n) is 2.46. The summed E-state index contributed by atoms with van der Waals surface area (Å²) in [6.07, 6.45) is 2.25. The lowest BCUT2D eigenvalue weighted by Crippen LogP contribution is -2.13. The van der Waals surface area contributed by atoms with Gasteiger partial charge in [-0.05, 0) is 0 Å². The second kappa shape index (κ2) is 6.00. The molecule has 1 atom stereocenters. The van der Waals surface area contributed by atoms with Gasteiger partial charge in [-0.1, -0.05) is 11.3 Å². The van der Waals surface area contributed by atoms with E-state index in [9.17, 15) is 4.55 Å². The van der Waals surface area contributed by atoms with Crippen LogP contribution in [0.3, 0.4) is 0 Å². The van der Waals surface area contributed by atoms with E-state index in [-0.39, 0.29) is 0 Å². The molecule has 6 nitrogen and oxygen atoms in total. The molecule has 0 saturated carbocycles. The topological polar surface area (TPSA) is 74.2 Å². The van der Waals surface area contributed by atoms with Crippen molar-refractivity contribution in [3.8, 4) is 0 Å². The molecular formula is C11H16N4O2S2. The van der Waals surface area contributed by atoms with E-state index in [1.807, 2.05) is 19.0 Å². The number of anilines is 1. The molecule has 0 aliphatic heterocycles. The van der Waals surface area contributed by atoms with Crippen LogP contribution in [0.1, 0.15) is 5.82 Å². The Morgan fingerprint density at radius 3 is 2.63 bits per heavy atom. The van der Waals surface area contributed by atoms with E-state index < -0.39 is 11.2 Å². The van der Waals surface area contributed by atoms with Gasteiger partial charge in [0.05, 0.1) is 6.61 Å². The van der Waals surface area contributed by atoms with Gasteiger partial charge in [-0.2, -0.15) is 4.98 Å². The van der Waals surface area contributed by atoms with Crippen molar-refractivity contribution in [2.24, 2.45) is 0 Å². The molecule has 0 bridgehead atoms. The van der Waals surface area contributed by atoms with Gasteiger partial charge in [0.15, 0.2) is 11.5 Å². The number of hydrogen-bond acceptors (Lipinski definition) is 7. The molecule has 2 aromatic rings. The van der Waals surface area contributed by atoms with Gasteiger partial charge < -0.3 is 14.2 Å². The zero-order valence-electron chi connectivity index (χ0n) is 11.3. The van der Waals surface area contributed by atoms with Crippen LogP contribution < -0.4 is 4.90 Å². The molecule has 0 spiro atoms. The lowest BCUT2D eigenvalue weighted by atomic mass is 10.4. The minimum atomic E-state index is -1.10. The minimum Gasteiger partial charge on any atom is -0.610 e. The molecule has 2 rings (SSSR count). The molecule has 1 unspecified atom stereocenters. The Kier molecular flexibility index (Phi) is 4.56. The quantitative estimate of drug-likeness (QED) is 0.769. The molecule has 0 fully saturated rings. The van der Waals surface area contributed by atoms with Crippen LogP contribution in [0.2, 0.25) is 0 Å². The first-order valence-electron chi connectivity index (χ1n) is 5.70. The highest BCUT2D eigenvalue weighted by atomic mass is 32.2. The zero-order chi connectivity index (χ0) is 14.0. The second-order valence-corrected chi connectivity index (χ2v) is 6.74. The molecular weight excluding hydrogens is 284 g/mol. The van der Waals surface area contributed by atoms with Crippen molar-refractivity contribution in [2.45, 2.75) is 10.8 Å². The van der Waals surface area contributed by atoms with Crippen molar-refractivity contribution >= 4 is 38.7 Å². The van der Waals surface area contributed by atoms with Crippen molar-refractivity contribution in [2.75, 3.05) is 39.0 Å². The van der Waals surface area contributed by atoms with E-state index in [1.165, 1.54) is 11.3 Å².